The van der Waals surface area contributed by atoms with E-state index in [4.69, 9.17) is 0 Å². The first-order valence-corrected chi connectivity index (χ1v) is 7.91. The Morgan fingerprint density at radius 2 is 1.89 bits per heavy atom. The molecule has 1 aromatic heterocycles. The Morgan fingerprint density at radius 1 is 1.16 bits per heavy atom. The van der Waals surface area contributed by atoms with E-state index in [9.17, 15) is 0 Å². The summed E-state index contributed by atoms with van der Waals surface area (Å²) in [5.74, 6) is 0. The molecule has 0 aliphatic carbocycles. The molecule has 0 spiro atoms. The molecule has 0 bridgehead atoms. The highest BCUT2D eigenvalue weighted by molar-refractivity contribution is 9.10. The summed E-state index contributed by atoms with van der Waals surface area (Å²) in [7, 11) is 0. The Bertz CT molecular complexity index is 615. The molecule has 0 saturated carbocycles. The zero-order chi connectivity index (χ0) is 13.6. The van der Waals surface area contributed by atoms with Crippen LogP contribution < -0.4 is 4.90 Å². The fraction of sp³-hybridized carbons (Fsp3) is 0.429. The van der Waals surface area contributed by atoms with Gasteiger partial charge in [-0.1, -0.05) is 54.1 Å². The molecule has 0 fully saturated rings. The van der Waals surface area contributed by atoms with Gasteiger partial charge in [0.1, 0.15) is 5.01 Å². The molecule has 5 heteroatoms. The van der Waals surface area contributed by atoms with Gasteiger partial charge in [0, 0.05) is 23.0 Å². The first-order chi connectivity index (χ1) is 8.93. The van der Waals surface area contributed by atoms with Gasteiger partial charge in [0.25, 0.3) is 0 Å². The summed E-state index contributed by atoms with van der Waals surface area (Å²) in [6.07, 6.45) is 0. The van der Waals surface area contributed by atoms with E-state index in [1.54, 1.807) is 11.3 Å². The van der Waals surface area contributed by atoms with Gasteiger partial charge in [-0.05, 0) is 23.3 Å². The molecule has 19 heavy (non-hydrogen) atoms. The standard InChI is InChI=1S/C14H16BrN3S/c1-14(2,3)12-16-17-13(19-12)18-7-9-4-5-11(15)6-10(9)8-18/h4-6H,7-8H2,1-3H3. The van der Waals surface area contributed by atoms with Crippen LogP contribution in [-0.4, -0.2) is 10.2 Å². The smallest absolute Gasteiger partial charge is 0.208 e. The minimum Gasteiger partial charge on any atom is -0.338 e. The maximum absolute atomic E-state index is 4.35. The molecule has 3 rings (SSSR count). The van der Waals surface area contributed by atoms with Crippen LogP contribution >= 0.6 is 27.3 Å². The second-order valence-corrected chi connectivity index (χ2v) is 7.78. The second-order valence-electron chi connectivity index (χ2n) is 5.91. The molecule has 0 radical (unpaired) electrons. The van der Waals surface area contributed by atoms with Gasteiger partial charge < -0.3 is 4.90 Å². The number of fused-ring (bicyclic) bond motifs is 1. The van der Waals surface area contributed by atoms with Crippen LogP contribution in [0.2, 0.25) is 0 Å². The van der Waals surface area contributed by atoms with Crippen LogP contribution in [0, 0.1) is 0 Å². The Labute approximate surface area is 125 Å². The summed E-state index contributed by atoms with van der Waals surface area (Å²) >= 11 is 5.23. The highest BCUT2D eigenvalue weighted by Crippen LogP contribution is 2.34. The van der Waals surface area contributed by atoms with E-state index in [0.29, 0.717) is 0 Å². The number of benzene rings is 1. The van der Waals surface area contributed by atoms with Crippen LogP contribution in [0.15, 0.2) is 22.7 Å². The summed E-state index contributed by atoms with van der Waals surface area (Å²) in [4.78, 5) is 2.30. The van der Waals surface area contributed by atoms with Gasteiger partial charge in [0.05, 0.1) is 0 Å². The summed E-state index contributed by atoms with van der Waals surface area (Å²) in [6.45, 7) is 8.38. The molecule has 100 valence electrons. The maximum Gasteiger partial charge on any atom is 0.208 e. The van der Waals surface area contributed by atoms with Crippen LogP contribution in [0.1, 0.15) is 36.9 Å². The third-order valence-electron chi connectivity index (χ3n) is 3.22. The normalized spacial score (nSPS) is 14.8. The molecule has 0 atom stereocenters. The Morgan fingerprint density at radius 3 is 2.58 bits per heavy atom. The molecule has 2 heterocycles. The first-order valence-electron chi connectivity index (χ1n) is 6.30. The Balaban J connectivity index is 1.85. The van der Waals surface area contributed by atoms with Crippen molar-refractivity contribution in [2.75, 3.05) is 4.90 Å². The molecule has 0 amide bonds. The molecule has 0 N–H and O–H groups in total. The molecule has 3 nitrogen and oxygen atoms in total. The lowest BCUT2D eigenvalue weighted by molar-refractivity contribution is 0.578. The monoisotopic (exact) mass is 337 g/mol. The number of nitrogens with zero attached hydrogens (tertiary/aromatic N) is 3. The molecular formula is C14H16BrN3S. The zero-order valence-electron chi connectivity index (χ0n) is 11.3. The van der Waals surface area contributed by atoms with Crippen LogP contribution in [0.3, 0.4) is 0 Å². The fourth-order valence-corrected chi connectivity index (χ4v) is 3.45. The highest BCUT2D eigenvalue weighted by Gasteiger charge is 2.25. The van der Waals surface area contributed by atoms with Crippen molar-refractivity contribution in [1.29, 1.82) is 0 Å². The number of hydrogen-bond acceptors (Lipinski definition) is 4. The van der Waals surface area contributed by atoms with E-state index in [1.807, 2.05) is 0 Å². The zero-order valence-corrected chi connectivity index (χ0v) is 13.7. The molecule has 1 aromatic carbocycles. The SMILES string of the molecule is CC(C)(C)c1nnc(N2Cc3ccc(Br)cc3C2)s1. The molecule has 0 saturated heterocycles. The first kappa shape index (κ1) is 13.1. The predicted molar refractivity (Wildman–Crippen MR) is 82.6 cm³/mol. The van der Waals surface area contributed by atoms with Gasteiger partial charge in [-0.3, -0.25) is 0 Å². The quantitative estimate of drug-likeness (QED) is 0.783. The van der Waals surface area contributed by atoms with Gasteiger partial charge in [0.2, 0.25) is 5.13 Å². The van der Waals surface area contributed by atoms with Gasteiger partial charge in [-0.2, -0.15) is 0 Å². The van der Waals surface area contributed by atoms with E-state index in [2.05, 4.69) is 70.0 Å². The molecular weight excluding hydrogens is 322 g/mol. The number of hydrogen-bond donors (Lipinski definition) is 0. The summed E-state index contributed by atoms with van der Waals surface area (Å²) < 4.78 is 1.14. The van der Waals surface area contributed by atoms with E-state index in [-0.39, 0.29) is 5.41 Å². The van der Waals surface area contributed by atoms with Crippen LogP contribution in [0.5, 0.6) is 0 Å². The summed E-state index contributed by atoms with van der Waals surface area (Å²) in [5, 5.41) is 10.8. The lowest BCUT2D eigenvalue weighted by Gasteiger charge is -2.14. The molecule has 1 aliphatic rings. The maximum atomic E-state index is 4.35. The van der Waals surface area contributed by atoms with Crippen molar-refractivity contribution in [3.63, 3.8) is 0 Å². The van der Waals surface area contributed by atoms with Crippen molar-refractivity contribution >= 4 is 32.4 Å². The number of anilines is 1. The van der Waals surface area contributed by atoms with Crippen LogP contribution in [0.25, 0.3) is 0 Å². The van der Waals surface area contributed by atoms with Gasteiger partial charge >= 0.3 is 0 Å². The van der Waals surface area contributed by atoms with Crippen molar-refractivity contribution in [3.8, 4) is 0 Å². The predicted octanol–water partition coefficient (Wildman–Crippen LogP) is 4.12. The van der Waals surface area contributed by atoms with Crippen molar-refractivity contribution in [2.45, 2.75) is 39.3 Å². The Hall–Kier alpha value is -0.940. The van der Waals surface area contributed by atoms with E-state index < -0.39 is 0 Å². The van der Waals surface area contributed by atoms with E-state index in [0.717, 1.165) is 27.7 Å². The average molecular weight is 338 g/mol. The average Bonchev–Trinajstić information content (AvgIpc) is 2.92. The molecule has 1 aliphatic heterocycles. The van der Waals surface area contributed by atoms with Crippen molar-refractivity contribution < 1.29 is 0 Å². The van der Waals surface area contributed by atoms with E-state index in [1.165, 1.54) is 11.1 Å². The van der Waals surface area contributed by atoms with Crippen molar-refractivity contribution in [1.82, 2.24) is 10.2 Å². The fourth-order valence-electron chi connectivity index (χ4n) is 2.14. The van der Waals surface area contributed by atoms with Crippen LogP contribution in [-0.2, 0) is 18.5 Å². The minimum atomic E-state index is 0.0749. The molecule has 2 aromatic rings. The summed E-state index contributed by atoms with van der Waals surface area (Å²) in [6, 6.07) is 6.48. The van der Waals surface area contributed by atoms with Gasteiger partial charge in [-0.15, -0.1) is 10.2 Å². The second kappa shape index (κ2) is 4.56. The topological polar surface area (TPSA) is 29.0 Å². The minimum absolute atomic E-state index is 0.0749. The van der Waals surface area contributed by atoms with Gasteiger partial charge in [0.15, 0.2) is 0 Å². The van der Waals surface area contributed by atoms with Crippen molar-refractivity contribution in [2.24, 2.45) is 0 Å². The van der Waals surface area contributed by atoms with Gasteiger partial charge in [-0.25, -0.2) is 0 Å². The largest absolute Gasteiger partial charge is 0.338 e. The lowest BCUT2D eigenvalue weighted by atomic mass is 9.98. The van der Waals surface area contributed by atoms with E-state index >= 15 is 0 Å². The van der Waals surface area contributed by atoms with Crippen LogP contribution in [0.4, 0.5) is 5.13 Å². The third kappa shape index (κ3) is 2.54. The van der Waals surface area contributed by atoms with Crippen molar-refractivity contribution in [3.05, 3.63) is 38.8 Å². The number of aromatic nitrogens is 2. The summed E-state index contributed by atoms with van der Waals surface area (Å²) in [5.41, 5.74) is 2.84. The number of rotatable bonds is 1. The lowest BCUT2D eigenvalue weighted by Crippen LogP contribution is -2.14. The third-order valence-corrected chi connectivity index (χ3v) is 5.12. The number of halogens is 1. The highest BCUT2D eigenvalue weighted by atomic mass is 79.9. The Kier molecular flexibility index (Phi) is 3.14. The molecule has 0 unspecified atom stereocenters.